The van der Waals surface area contributed by atoms with Crippen molar-refractivity contribution in [2.45, 2.75) is 24.3 Å². The Morgan fingerprint density at radius 1 is 1.59 bits per heavy atom. The van der Waals surface area contributed by atoms with E-state index >= 15 is 0 Å². The number of hydrogen-bond donors (Lipinski definition) is 2. The zero-order valence-corrected chi connectivity index (χ0v) is 9.44. The summed E-state index contributed by atoms with van der Waals surface area (Å²) in [4.78, 5) is 11.4. The summed E-state index contributed by atoms with van der Waals surface area (Å²) in [5, 5.41) is 9.13. The smallest absolute Gasteiger partial charge is 0.323 e. The molecule has 0 heterocycles. The van der Waals surface area contributed by atoms with Crippen LogP contribution in [0.2, 0.25) is 0 Å². The minimum absolute atomic E-state index is 0.406. The number of carbonyl (C=O) groups is 1. The van der Waals surface area contributed by atoms with Crippen molar-refractivity contribution in [1.29, 1.82) is 0 Å². The lowest BCUT2D eigenvalue weighted by molar-refractivity contribution is -0.143. The van der Waals surface area contributed by atoms with E-state index in [4.69, 9.17) is 10.8 Å². The van der Waals surface area contributed by atoms with Crippen LogP contribution in [-0.4, -0.2) is 24.2 Å². The van der Waals surface area contributed by atoms with Gasteiger partial charge in [-0.3, -0.25) is 4.79 Å². The van der Waals surface area contributed by atoms with Gasteiger partial charge in [-0.25, -0.2) is 4.39 Å². The molecule has 0 aliphatic heterocycles. The molecule has 1 aromatic carbocycles. The number of methoxy groups -OCH3 is 1. The zero-order valence-electron chi connectivity index (χ0n) is 9.44. The van der Waals surface area contributed by atoms with Gasteiger partial charge in [-0.15, -0.1) is 0 Å². The number of benzene rings is 1. The molecular weight excluding hydrogens is 225 g/mol. The molecular formula is C12H14FNO3. The summed E-state index contributed by atoms with van der Waals surface area (Å²) in [6.07, 6.45) is 1.43. The van der Waals surface area contributed by atoms with Crippen LogP contribution in [0, 0.1) is 5.82 Å². The average Bonchev–Trinajstić information content (AvgIpc) is 3.12. The lowest BCUT2D eigenvalue weighted by atomic mass is 9.88. The molecule has 1 saturated carbocycles. The van der Waals surface area contributed by atoms with Crippen LogP contribution in [0.3, 0.4) is 0 Å². The van der Waals surface area contributed by atoms with E-state index in [0.717, 1.165) is 0 Å². The van der Waals surface area contributed by atoms with E-state index in [2.05, 4.69) is 4.74 Å². The molecule has 3 N–H and O–H groups in total. The van der Waals surface area contributed by atoms with Gasteiger partial charge in [-0.1, -0.05) is 6.07 Å². The molecule has 0 bridgehead atoms. The molecule has 0 saturated heterocycles. The molecule has 4 nitrogen and oxygen atoms in total. The topological polar surface area (TPSA) is 72.5 Å². The van der Waals surface area contributed by atoms with Gasteiger partial charge in [0.05, 0.1) is 7.11 Å². The normalized spacial score (nSPS) is 18.5. The molecule has 92 valence electrons. The first-order valence-electron chi connectivity index (χ1n) is 5.33. The first-order chi connectivity index (χ1) is 8.01. The number of esters is 1. The molecule has 1 atom stereocenters. The van der Waals surface area contributed by atoms with Crippen molar-refractivity contribution in [2.24, 2.45) is 5.73 Å². The number of carbonyl (C=O) groups excluding carboxylic acids is 1. The Hall–Kier alpha value is -1.62. The first kappa shape index (κ1) is 11.9. The largest absolute Gasteiger partial charge is 0.505 e. The highest BCUT2D eigenvalue weighted by molar-refractivity contribution is 5.78. The highest BCUT2D eigenvalue weighted by atomic mass is 19.1. The van der Waals surface area contributed by atoms with Crippen molar-refractivity contribution in [2.75, 3.05) is 7.11 Å². The number of hydrogen-bond acceptors (Lipinski definition) is 4. The Labute approximate surface area is 98.2 Å². The summed E-state index contributed by atoms with van der Waals surface area (Å²) in [5.41, 5.74) is 5.92. The lowest BCUT2D eigenvalue weighted by Crippen LogP contribution is -2.42. The van der Waals surface area contributed by atoms with Gasteiger partial charge < -0.3 is 15.6 Å². The summed E-state index contributed by atoms with van der Waals surface area (Å²) in [6, 6.07) is 3.30. The van der Waals surface area contributed by atoms with Gasteiger partial charge in [0.1, 0.15) is 6.04 Å². The maximum absolute atomic E-state index is 13.3. The van der Waals surface area contributed by atoms with Crippen LogP contribution in [-0.2, 0) is 14.9 Å². The fourth-order valence-electron chi connectivity index (χ4n) is 2.08. The van der Waals surface area contributed by atoms with Crippen LogP contribution in [0.4, 0.5) is 4.39 Å². The van der Waals surface area contributed by atoms with E-state index in [9.17, 15) is 9.18 Å². The van der Waals surface area contributed by atoms with Gasteiger partial charge in [-0.2, -0.15) is 0 Å². The second-order valence-electron chi connectivity index (χ2n) is 4.32. The van der Waals surface area contributed by atoms with E-state index in [1.165, 1.54) is 19.2 Å². The predicted molar refractivity (Wildman–Crippen MR) is 59.0 cm³/mol. The first-order valence-corrected chi connectivity index (χ1v) is 5.33. The van der Waals surface area contributed by atoms with Crippen LogP contribution in [0.5, 0.6) is 5.75 Å². The maximum Gasteiger partial charge on any atom is 0.323 e. The Morgan fingerprint density at radius 2 is 2.24 bits per heavy atom. The quantitative estimate of drug-likeness (QED) is 0.774. The molecule has 5 heteroatoms. The van der Waals surface area contributed by atoms with Crippen molar-refractivity contribution in [3.8, 4) is 5.75 Å². The van der Waals surface area contributed by atoms with Crippen molar-refractivity contribution < 1.29 is 19.0 Å². The Kier molecular flexibility index (Phi) is 2.79. The van der Waals surface area contributed by atoms with Crippen LogP contribution >= 0.6 is 0 Å². The fourth-order valence-corrected chi connectivity index (χ4v) is 2.08. The second-order valence-corrected chi connectivity index (χ2v) is 4.32. The fraction of sp³-hybridized carbons (Fsp3) is 0.417. The van der Waals surface area contributed by atoms with Crippen molar-refractivity contribution in [3.05, 3.63) is 29.6 Å². The minimum Gasteiger partial charge on any atom is -0.505 e. The highest BCUT2D eigenvalue weighted by Crippen LogP contribution is 2.51. The molecule has 1 aliphatic rings. The van der Waals surface area contributed by atoms with Gasteiger partial charge in [0.2, 0.25) is 0 Å². The molecule has 0 radical (unpaired) electrons. The summed E-state index contributed by atoms with van der Waals surface area (Å²) in [5.74, 6) is -1.61. The van der Waals surface area contributed by atoms with Gasteiger partial charge in [0, 0.05) is 5.41 Å². The number of nitrogens with two attached hydrogens (primary N) is 1. The zero-order chi connectivity index (χ0) is 12.6. The Morgan fingerprint density at radius 3 is 2.71 bits per heavy atom. The van der Waals surface area contributed by atoms with Crippen molar-refractivity contribution in [3.63, 3.8) is 0 Å². The number of phenols is 1. The van der Waals surface area contributed by atoms with Crippen LogP contribution in [0.15, 0.2) is 18.2 Å². The average molecular weight is 239 g/mol. The van der Waals surface area contributed by atoms with Crippen LogP contribution in [0.1, 0.15) is 18.4 Å². The highest BCUT2D eigenvalue weighted by Gasteiger charge is 2.52. The van der Waals surface area contributed by atoms with Crippen molar-refractivity contribution >= 4 is 5.97 Å². The van der Waals surface area contributed by atoms with Gasteiger partial charge in [0.15, 0.2) is 11.6 Å². The summed E-state index contributed by atoms with van der Waals surface area (Å²) in [6.45, 7) is 0. The summed E-state index contributed by atoms with van der Waals surface area (Å²) >= 11 is 0. The standard InChI is InChI=1S/C12H14FNO3/c1-17-11(16)10(14)12(4-5-12)7-2-3-9(15)8(13)6-7/h2-3,6,10,15H,4-5,14H2,1H3. The lowest BCUT2D eigenvalue weighted by Gasteiger charge is -2.21. The second kappa shape index (κ2) is 4.00. The van der Waals surface area contributed by atoms with Crippen LogP contribution in [0.25, 0.3) is 0 Å². The monoisotopic (exact) mass is 239 g/mol. The molecule has 1 aliphatic carbocycles. The van der Waals surface area contributed by atoms with Gasteiger partial charge >= 0.3 is 5.97 Å². The number of rotatable bonds is 3. The number of ether oxygens (including phenoxy) is 1. The molecule has 17 heavy (non-hydrogen) atoms. The van der Waals surface area contributed by atoms with E-state index in [0.29, 0.717) is 18.4 Å². The summed E-state index contributed by atoms with van der Waals surface area (Å²) < 4.78 is 17.9. The van der Waals surface area contributed by atoms with E-state index < -0.39 is 29.0 Å². The Balaban J connectivity index is 2.32. The molecule has 0 aromatic heterocycles. The van der Waals surface area contributed by atoms with Crippen LogP contribution < -0.4 is 5.73 Å². The number of aromatic hydroxyl groups is 1. The molecule has 1 fully saturated rings. The minimum atomic E-state index is -0.795. The van der Waals surface area contributed by atoms with Gasteiger partial charge in [-0.05, 0) is 30.5 Å². The van der Waals surface area contributed by atoms with Crippen molar-refractivity contribution in [1.82, 2.24) is 0 Å². The summed E-state index contributed by atoms with van der Waals surface area (Å²) in [7, 11) is 1.27. The SMILES string of the molecule is COC(=O)C(N)C1(c2ccc(O)c(F)c2)CC1. The molecule has 0 amide bonds. The van der Waals surface area contributed by atoms with E-state index in [1.54, 1.807) is 6.07 Å². The third-order valence-corrected chi connectivity index (χ3v) is 3.36. The third kappa shape index (κ3) is 1.86. The number of halogens is 1. The maximum atomic E-state index is 13.3. The predicted octanol–water partition coefficient (Wildman–Crippen LogP) is 1.06. The molecule has 2 rings (SSSR count). The third-order valence-electron chi connectivity index (χ3n) is 3.36. The molecule has 1 unspecified atom stereocenters. The van der Waals surface area contributed by atoms with Gasteiger partial charge in [0.25, 0.3) is 0 Å². The molecule has 0 spiro atoms. The van der Waals surface area contributed by atoms with E-state index in [-0.39, 0.29) is 0 Å². The van der Waals surface area contributed by atoms with E-state index in [1.807, 2.05) is 0 Å². The number of phenolic OH excluding ortho intramolecular Hbond substituents is 1. The Bertz CT molecular complexity index is 457. The molecule has 1 aromatic rings.